The third kappa shape index (κ3) is 46.6. The van der Waals surface area contributed by atoms with Crippen LogP contribution < -0.4 is 5.32 Å². The molecule has 9 N–H and O–H groups in total. The molecule has 2 rings (SSSR count). The van der Waals surface area contributed by atoms with Crippen molar-refractivity contribution in [1.82, 2.24) is 5.32 Å². The highest BCUT2D eigenvalue weighted by atomic mass is 16.7. The Bertz CT molecular complexity index is 1790. The van der Waals surface area contributed by atoms with Crippen molar-refractivity contribution in [1.29, 1.82) is 0 Å². The van der Waals surface area contributed by atoms with E-state index in [4.69, 9.17) is 18.9 Å². The standard InChI is InChI=1S/C79H145NO13/c1-3-5-7-9-11-13-15-17-19-21-23-25-27-29-31-33-34-35-37-39-41-43-45-47-49-51-53-55-57-59-61-63-71(84)80-67(66-90-78-76(89)74(87)77(70(65-82)92-78)93-79-75(88)73(86)72(85)69(64-81)91-79)68(83)62-60-58-56-54-52-50-48-46-44-42-40-38-36-32-30-28-26-24-22-20-18-16-14-12-10-8-6-4-2/h15,17,21,23,44,46,52,54,60,62,67-70,72-79,81-83,85-89H,3-14,16,18-20,22,24-43,45,47-51,53,55-59,61,63-66H2,1-2H3,(H,80,84)/b17-15-,23-21-,46-44+,54-52+,62-60+. The van der Waals surface area contributed by atoms with Gasteiger partial charge in [0.05, 0.1) is 32.0 Å². The van der Waals surface area contributed by atoms with Gasteiger partial charge in [-0.1, -0.05) is 319 Å². The van der Waals surface area contributed by atoms with E-state index in [-0.39, 0.29) is 18.9 Å². The fourth-order valence-corrected chi connectivity index (χ4v) is 12.7. The lowest BCUT2D eigenvalue weighted by Gasteiger charge is -2.46. The number of unbranched alkanes of at least 4 members (excludes halogenated alkanes) is 44. The predicted molar refractivity (Wildman–Crippen MR) is 383 cm³/mol. The molecule has 2 fully saturated rings. The summed E-state index contributed by atoms with van der Waals surface area (Å²) in [5, 5.41) is 87.6. The molecule has 0 aromatic carbocycles. The molecule has 0 spiro atoms. The third-order valence-electron chi connectivity index (χ3n) is 18.9. The molecule has 544 valence electrons. The molecule has 2 saturated heterocycles. The number of hydrogen-bond acceptors (Lipinski definition) is 13. The first-order chi connectivity index (χ1) is 45.6. The van der Waals surface area contributed by atoms with E-state index >= 15 is 0 Å². The number of allylic oxidation sites excluding steroid dienone is 9. The number of hydrogen-bond donors (Lipinski definition) is 9. The molecule has 0 radical (unpaired) electrons. The van der Waals surface area contributed by atoms with Gasteiger partial charge >= 0.3 is 0 Å². The quantitative estimate of drug-likeness (QED) is 0.0204. The Morgan fingerprint density at radius 2 is 0.720 bits per heavy atom. The fraction of sp³-hybridized carbons (Fsp3) is 0.861. The molecule has 0 bridgehead atoms. The highest BCUT2D eigenvalue weighted by molar-refractivity contribution is 5.76. The van der Waals surface area contributed by atoms with Crippen molar-refractivity contribution in [3.8, 4) is 0 Å². The van der Waals surface area contributed by atoms with E-state index in [1.807, 2.05) is 6.08 Å². The van der Waals surface area contributed by atoms with E-state index < -0.39 is 86.8 Å². The van der Waals surface area contributed by atoms with Gasteiger partial charge in [-0.25, -0.2) is 0 Å². The van der Waals surface area contributed by atoms with Gasteiger partial charge in [0.1, 0.15) is 48.8 Å². The Hall–Kier alpha value is -2.31. The molecular weight excluding hydrogens is 1170 g/mol. The second-order valence-electron chi connectivity index (χ2n) is 27.5. The maximum atomic E-state index is 13.4. The average Bonchev–Trinajstić information content (AvgIpc) is 0.851. The Kier molecular flexibility index (Phi) is 58.9. The largest absolute Gasteiger partial charge is 0.394 e. The van der Waals surface area contributed by atoms with Crippen LogP contribution in [0, 0.1) is 0 Å². The summed E-state index contributed by atoms with van der Waals surface area (Å²) in [5.74, 6) is -0.248. The predicted octanol–water partition coefficient (Wildman–Crippen LogP) is 17.2. The highest BCUT2D eigenvalue weighted by Gasteiger charge is 2.51. The second-order valence-corrected chi connectivity index (χ2v) is 27.5. The lowest BCUT2D eigenvalue weighted by Crippen LogP contribution is -2.65. The van der Waals surface area contributed by atoms with Gasteiger partial charge in [-0.3, -0.25) is 4.79 Å². The summed E-state index contributed by atoms with van der Waals surface area (Å²) in [7, 11) is 0. The maximum absolute atomic E-state index is 13.4. The Morgan fingerprint density at radius 3 is 1.12 bits per heavy atom. The van der Waals surface area contributed by atoms with E-state index in [0.29, 0.717) is 12.8 Å². The monoisotopic (exact) mass is 1320 g/mol. The molecule has 0 saturated carbocycles. The van der Waals surface area contributed by atoms with Gasteiger partial charge in [0.2, 0.25) is 5.91 Å². The number of aliphatic hydroxyl groups excluding tert-OH is 8. The summed E-state index contributed by atoms with van der Waals surface area (Å²) in [5.41, 5.74) is 0. The molecule has 14 heteroatoms. The van der Waals surface area contributed by atoms with Crippen molar-refractivity contribution in [2.75, 3.05) is 19.8 Å². The van der Waals surface area contributed by atoms with Crippen LogP contribution in [-0.2, 0) is 23.7 Å². The molecule has 14 nitrogen and oxygen atoms in total. The van der Waals surface area contributed by atoms with Gasteiger partial charge < -0.3 is 65.1 Å². The molecule has 2 heterocycles. The third-order valence-corrected chi connectivity index (χ3v) is 18.9. The molecule has 2 aliphatic rings. The first kappa shape index (κ1) is 86.8. The topological polar surface area (TPSA) is 228 Å². The van der Waals surface area contributed by atoms with Crippen LogP contribution in [0.4, 0.5) is 0 Å². The van der Waals surface area contributed by atoms with Crippen LogP contribution in [0.25, 0.3) is 0 Å². The van der Waals surface area contributed by atoms with Gasteiger partial charge in [-0.15, -0.1) is 0 Å². The molecule has 12 unspecified atom stereocenters. The van der Waals surface area contributed by atoms with Crippen LogP contribution in [0.2, 0.25) is 0 Å². The summed E-state index contributed by atoms with van der Waals surface area (Å²) in [6.07, 6.45) is 68.7. The smallest absolute Gasteiger partial charge is 0.220 e. The van der Waals surface area contributed by atoms with Crippen LogP contribution in [-0.4, -0.2) is 140 Å². The van der Waals surface area contributed by atoms with E-state index in [0.717, 1.165) is 51.4 Å². The van der Waals surface area contributed by atoms with Crippen molar-refractivity contribution in [3.63, 3.8) is 0 Å². The molecule has 0 aromatic rings. The Balaban J connectivity index is 1.65. The zero-order chi connectivity index (χ0) is 67.3. The molecule has 1 amide bonds. The molecule has 93 heavy (non-hydrogen) atoms. The van der Waals surface area contributed by atoms with Crippen molar-refractivity contribution >= 4 is 5.91 Å². The Morgan fingerprint density at radius 1 is 0.387 bits per heavy atom. The maximum Gasteiger partial charge on any atom is 0.220 e. The lowest BCUT2D eigenvalue weighted by atomic mass is 9.97. The first-order valence-corrected chi connectivity index (χ1v) is 39.0. The van der Waals surface area contributed by atoms with Crippen LogP contribution in [0.3, 0.4) is 0 Å². The zero-order valence-electron chi connectivity index (χ0n) is 59.5. The number of aliphatic hydroxyl groups is 8. The Labute approximate surface area is 568 Å². The molecule has 0 aliphatic carbocycles. The minimum absolute atomic E-state index is 0.248. The number of amides is 1. The van der Waals surface area contributed by atoms with Crippen molar-refractivity contribution < 1.29 is 64.6 Å². The SMILES string of the molecule is CCCCCCC/C=C\C/C=C\CCCCCCCCCCCCCCCCCCCCCC(=O)NC(COC1OC(CO)C(OC2OC(CO)C(O)C(O)C2O)C(O)C1O)C(O)/C=C/CC/C=C/CC/C=C/CCCCCCCCCCCCCCCCCCCC. The summed E-state index contributed by atoms with van der Waals surface area (Å²) >= 11 is 0. The van der Waals surface area contributed by atoms with Gasteiger partial charge in [-0.05, 0) is 77.0 Å². The minimum atomic E-state index is -1.79. The number of nitrogens with one attached hydrogen (secondary N) is 1. The van der Waals surface area contributed by atoms with Crippen molar-refractivity contribution in [2.24, 2.45) is 0 Å². The minimum Gasteiger partial charge on any atom is -0.394 e. The van der Waals surface area contributed by atoms with Crippen molar-refractivity contribution in [2.45, 2.75) is 415 Å². The average molecular weight is 1320 g/mol. The van der Waals surface area contributed by atoms with Gasteiger partial charge in [0.25, 0.3) is 0 Å². The van der Waals surface area contributed by atoms with E-state index in [1.165, 1.54) is 257 Å². The number of carbonyl (C=O) groups is 1. The van der Waals surface area contributed by atoms with Crippen LogP contribution in [0.15, 0.2) is 60.8 Å². The molecule has 0 aromatic heterocycles. The second kappa shape index (κ2) is 63.2. The number of carbonyl (C=O) groups excluding carboxylic acids is 1. The zero-order valence-corrected chi connectivity index (χ0v) is 59.5. The fourth-order valence-electron chi connectivity index (χ4n) is 12.7. The van der Waals surface area contributed by atoms with Crippen LogP contribution in [0.1, 0.15) is 341 Å². The summed E-state index contributed by atoms with van der Waals surface area (Å²) in [6, 6.07) is -0.941. The van der Waals surface area contributed by atoms with Crippen LogP contribution in [0.5, 0.6) is 0 Å². The molecular formula is C79H145NO13. The van der Waals surface area contributed by atoms with Crippen molar-refractivity contribution in [3.05, 3.63) is 60.8 Å². The highest BCUT2D eigenvalue weighted by Crippen LogP contribution is 2.30. The normalized spacial score (nSPS) is 22.9. The van der Waals surface area contributed by atoms with E-state index in [1.54, 1.807) is 6.08 Å². The van der Waals surface area contributed by atoms with Crippen LogP contribution >= 0.6 is 0 Å². The van der Waals surface area contributed by atoms with Gasteiger partial charge in [-0.2, -0.15) is 0 Å². The van der Waals surface area contributed by atoms with Gasteiger partial charge in [0, 0.05) is 6.42 Å². The molecule has 12 atom stereocenters. The van der Waals surface area contributed by atoms with Gasteiger partial charge in [0.15, 0.2) is 12.6 Å². The summed E-state index contributed by atoms with van der Waals surface area (Å²) < 4.78 is 22.9. The van der Waals surface area contributed by atoms with E-state index in [2.05, 4.69) is 67.8 Å². The first-order valence-electron chi connectivity index (χ1n) is 39.0. The van der Waals surface area contributed by atoms with E-state index in [9.17, 15) is 45.6 Å². The molecule has 2 aliphatic heterocycles. The number of rotatable bonds is 65. The number of ether oxygens (including phenoxy) is 4. The summed E-state index contributed by atoms with van der Waals surface area (Å²) in [4.78, 5) is 13.4. The lowest BCUT2D eigenvalue weighted by molar-refractivity contribution is -0.359. The summed E-state index contributed by atoms with van der Waals surface area (Å²) in [6.45, 7) is 2.81.